The van der Waals surface area contributed by atoms with E-state index in [2.05, 4.69) is 0 Å². The zero-order valence-electron chi connectivity index (χ0n) is 15.6. The van der Waals surface area contributed by atoms with Crippen LogP contribution in [0.1, 0.15) is 46.6 Å². The lowest BCUT2D eigenvalue weighted by Gasteiger charge is -2.24. The Hall–Kier alpha value is -3.08. The minimum Gasteiger partial charge on any atom is -0.497 e. The maximum absolute atomic E-state index is 13.3. The van der Waals surface area contributed by atoms with Gasteiger partial charge in [-0.15, -0.1) is 0 Å². The summed E-state index contributed by atoms with van der Waals surface area (Å²) in [5.41, 5.74) is 2.59. The van der Waals surface area contributed by atoms with E-state index in [1.165, 1.54) is 0 Å². The molecule has 2 aromatic carbocycles. The van der Waals surface area contributed by atoms with Gasteiger partial charge in [-0.3, -0.25) is 9.59 Å². The summed E-state index contributed by atoms with van der Waals surface area (Å²) in [6, 6.07) is 12.5. The zero-order valence-corrected chi connectivity index (χ0v) is 15.6. The van der Waals surface area contributed by atoms with Crippen molar-refractivity contribution in [3.05, 3.63) is 75.1 Å². The maximum atomic E-state index is 13.3. The summed E-state index contributed by atoms with van der Waals surface area (Å²) in [7, 11) is 1.61. The summed E-state index contributed by atoms with van der Waals surface area (Å²) < 4.78 is 11.1. The van der Waals surface area contributed by atoms with E-state index in [9.17, 15) is 9.59 Å². The van der Waals surface area contributed by atoms with Crippen LogP contribution in [0.4, 0.5) is 0 Å². The molecule has 138 valence electrons. The van der Waals surface area contributed by atoms with Crippen molar-refractivity contribution in [3.63, 3.8) is 0 Å². The molecule has 0 aliphatic carbocycles. The van der Waals surface area contributed by atoms with Crippen LogP contribution in [0, 0.1) is 6.92 Å². The fraction of sp³-hybridized carbons (Fsp3) is 0.273. The predicted molar refractivity (Wildman–Crippen MR) is 103 cm³/mol. The van der Waals surface area contributed by atoms with E-state index in [-0.39, 0.29) is 17.1 Å². The predicted octanol–water partition coefficient (Wildman–Crippen LogP) is 4.07. The van der Waals surface area contributed by atoms with Gasteiger partial charge in [-0.05, 0) is 43.2 Å². The Balaban J connectivity index is 1.97. The molecule has 3 aromatic rings. The standard InChI is InChI=1S/C22H21NO4/c1-4-11-23-19(14-6-8-15(26-3)9-7-14)18-20(24)16-12-13(2)5-10-17(16)27-21(18)22(23)25/h5-10,12,19H,4,11H2,1-3H3/t19-/m0/s1. The first-order chi connectivity index (χ1) is 13.0. The first-order valence-corrected chi connectivity index (χ1v) is 9.07. The molecule has 5 nitrogen and oxygen atoms in total. The lowest BCUT2D eigenvalue weighted by atomic mass is 9.98. The smallest absolute Gasteiger partial charge is 0.290 e. The molecule has 0 spiro atoms. The highest BCUT2D eigenvalue weighted by Gasteiger charge is 2.42. The third-order valence-corrected chi connectivity index (χ3v) is 5.02. The topological polar surface area (TPSA) is 59.8 Å². The van der Waals surface area contributed by atoms with E-state index in [1.807, 2.05) is 50.2 Å². The molecule has 0 fully saturated rings. The number of ether oxygens (including phenoxy) is 1. The Morgan fingerprint density at radius 1 is 1.11 bits per heavy atom. The van der Waals surface area contributed by atoms with Gasteiger partial charge in [0.1, 0.15) is 11.3 Å². The number of benzene rings is 2. The minimum atomic E-state index is -0.445. The number of methoxy groups -OCH3 is 1. The maximum Gasteiger partial charge on any atom is 0.290 e. The second-order valence-corrected chi connectivity index (χ2v) is 6.85. The van der Waals surface area contributed by atoms with Gasteiger partial charge in [0, 0.05) is 6.54 Å². The molecule has 5 heteroatoms. The van der Waals surface area contributed by atoms with Crippen LogP contribution >= 0.6 is 0 Å². The molecule has 2 heterocycles. The highest BCUT2D eigenvalue weighted by Crippen LogP contribution is 2.38. The fourth-order valence-electron chi connectivity index (χ4n) is 3.74. The van der Waals surface area contributed by atoms with Crippen LogP contribution in [0.25, 0.3) is 11.0 Å². The number of carbonyl (C=O) groups is 1. The van der Waals surface area contributed by atoms with Crippen LogP contribution < -0.4 is 10.2 Å². The number of rotatable bonds is 4. The van der Waals surface area contributed by atoms with E-state index >= 15 is 0 Å². The first kappa shape index (κ1) is 17.3. The van der Waals surface area contributed by atoms with Gasteiger partial charge in [0.15, 0.2) is 5.43 Å². The second-order valence-electron chi connectivity index (χ2n) is 6.85. The largest absolute Gasteiger partial charge is 0.497 e. The molecule has 0 radical (unpaired) electrons. The molecule has 1 aliphatic rings. The molecule has 4 rings (SSSR count). The van der Waals surface area contributed by atoms with E-state index < -0.39 is 6.04 Å². The average molecular weight is 363 g/mol. The third-order valence-electron chi connectivity index (χ3n) is 5.02. The molecule has 0 N–H and O–H groups in total. The van der Waals surface area contributed by atoms with Gasteiger partial charge in [-0.2, -0.15) is 0 Å². The van der Waals surface area contributed by atoms with Gasteiger partial charge in [0.2, 0.25) is 5.76 Å². The number of nitrogens with zero attached hydrogens (tertiary/aromatic N) is 1. The lowest BCUT2D eigenvalue weighted by molar-refractivity contribution is 0.0728. The molecule has 1 atom stereocenters. The number of aryl methyl sites for hydroxylation is 1. The average Bonchev–Trinajstić information content (AvgIpc) is 2.95. The number of amides is 1. The first-order valence-electron chi connectivity index (χ1n) is 9.07. The van der Waals surface area contributed by atoms with Crippen molar-refractivity contribution < 1.29 is 13.9 Å². The Bertz CT molecular complexity index is 1080. The van der Waals surface area contributed by atoms with Crippen LogP contribution in [0.3, 0.4) is 0 Å². The molecule has 1 amide bonds. The molecule has 1 aromatic heterocycles. The quantitative estimate of drug-likeness (QED) is 0.701. The highest BCUT2D eigenvalue weighted by molar-refractivity contribution is 5.99. The normalized spacial score (nSPS) is 16.0. The van der Waals surface area contributed by atoms with Crippen molar-refractivity contribution >= 4 is 16.9 Å². The van der Waals surface area contributed by atoms with Gasteiger partial charge in [-0.25, -0.2) is 0 Å². The Labute approximate surface area is 157 Å². The zero-order chi connectivity index (χ0) is 19.1. The Kier molecular flexibility index (Phi) is 4.22. The van der Waals surface area contributed by atoms with Crippen LogP contribution in [0.5, 0.6) is 5.75 Å². The number of hydrogen-bond donors (Lipinski definition) is 0. The summed E-state index contributed by atoms with van der Waals surface area (Å²) in [4.78, 5) is 28.1. The Morgan fingerprint density at radius 2 is 1.85 bits per heavy atom. The number of hydrogen-bond acceptors (Lipinski definition) is 4. The van der Waals surface area contributed by atoms with Crippen molar-refractivity contribution in [2.45, 2.75) is 26.3 Å². The van der Waals surface area contributed by atoms with Gasteiger partial charge in [0.05, 0.1) is 24.1 Å². The molecule has 0 unspecified atom stereocenters. The van der Waals surface area contributed by atoms with Crippen LogP contribution in [-0.2, 0) is 0 Å². The van der Waals surface area contributed by atoms with E-state index in [0.29, 0.717) is 23.1 Å². The molecule has 1 aliphatic heterocycles. The fourth-order valence-corrected chi connectivity index (χ4v) is 3.74. The minimum absolute atomic E-state index is 0.136. The molecular formula is C22H21NO4. The van der Waals surface area contributed by atoms with E-state index in [4.69, 9.17) is 9.15 Å². The van der Waals surface area contributed by atoms with Crippen molar-refractivity contribution in [1.82, 2.24) is 4.90 Å². The summed E-state index contributed by atoms with van der Waals surface area (Å²) in [6.07, 6.45) is 0.791. The van der Waals surface area contributed by atoms with Gasteiger partial charge in [-0.1, -0.05) is 30.7 Å². The van der Waals surface area contributed by atoms with E-state index in [0.717, 1.165) is 23.3 Å². The second kappa shape index (κ2) is 6.58. The summed E-state index contributed by atoms with van der Waals surface area (Å²) >= 11 is 0. The van der Waals surface area contributed by atoms with Crippen molar-refractivity contribution in [2.75, 3.05) is 13.7 Å². The molecule has 0 bridgehead atoms. The van der Waals surface area contributed by atoms with Gasteiger partial charge in [0.25, 0.3) is 5.91 Å². The monoisotopic (exact) mass is 363 g/mol. The molecule has 0 saturated carbocycles. The van der Waals surface area contributed by atoms with Crippen molar-refractivity contribution in [1.29, 1.82) is 0 Å². The van der Waals surface area contributed by atoms with Crippen LogP contribution in [0.15, 0.2) is 51.7 Å². The van der Waals surface area contributed by atoms with Crippen LogP contribution in [-0.4, -0.2) is 24.5 Å². The van der Waals surface area contributed by atoms with Crippen molar-refractivity contribution in [3.8, 4) is 5.75 Å². The lowest BCUT2D eigenvalue weighted by Crippen LogP contribution is -2.30. The highest BCUT2D eigenvalue weighted by atomic mass is 16.5. The Morgan fingerprint density at radius 3 is 2.52 bits per heavy atom. The van der Waals surface area contributed by atoms with Gasteiger partial charge >= 0.3 is 0 Å². The molecular weight excluding hydrogens is 342 g/mol. The van der Waals surface area contributed by atoms with Crippen LogP contribution in [0.2, 0.25) is 0 Å². The van der Waals surface area contributed by atoms with E-state index in [1.54, 1.807) is 18.1 Å². The SMILES string of the molecule is CCCN1C(=O)c2oc3ccc(C)cc3c(=O)c2[C@@H]1c1ccc(OC)cc1. The summed E-state index contributed by atoms with van der Waals surface area (Å²) in [5, 5.41) is 0.512. The van der Waals surface area contributed by atoms with Crippen molar-refractivity contribution in [2.24, 2.45) is 0 Å². The summed E-state index contributed by atoms with van der Waals surface area (Å²) in [5.74, 6) is 0.657. The molecule has 27 heavy (non-hydrogen) atoms. The number of carbonyl (C=O) groups excluding carboxylic acids is 1. The van der Waals surface area contributed by atoms with Gasteiger partial charge < -0.3 is 14.1 Å². The third kappa shape index (κ3) is 2.70. The summed E-state index contributed by atoms with van der Waals surface area (Å²) in [6.45, 7) is 4.49. The number of fused-ring (bicyclic) bond motifs is 2. The molecule has 0 saturated heterocycles.